The summed E-state index contributed by atoms with van der Waals surface area (Å²) in [5, 5.41) is 0. The van der Waals surface area contributed by atoms with E-state index in [9.17, 15) is 13.2 Å². The van der Waals surface area contributed by atoms with Crippen molar-refractivity contribution in [1.82, 2.24) is 9.97 Å². The number of fused-ring (bicyclic) bond motifs is 1. The van der Waals surface area contributed by atoms with Crippen LogP contribution in [0.1, 0.15) is 6.92 Å². The highest BCUT2D eigenvalue weighted by Gasteiger charge is 2.38. The summed E-state index contributed by atoms with van der Waals surface area (Å²) in [6.07, 6.45) is -6.46. The van der Waals surface area contributed by atoms with Crippen molar-refractivity contribution in [1.29, 1.82) is 0 Å². The fraction of sp³-hybridized carbons (Fsp3) is 0.273. The number of nitrogens with zero attached hydrogens (tertiary/aromatic N) is 2. The highest BCUT2D eigenvalue weighted by Crippen LogP contribution is 2.27. The zero-order valence-electron chi connectivity index (χ0n) is 9.40. The first-order valence-electron chi connectivity index (χ1n) is 5.13. The molecule has 0 bridgehead atoms. The van der Waals surface area contributed by atoms with Gasteiger partial charge >= 0.3 is 6.18 Å². The second-order valence-electron chi connectivity index (χ2n) is 3.70. The fourth-order valence-corrected chi connectivity index (χ4v) is 1.32. The predicted octanol–water partition coefficient (Wildman–Crippen LogP) is 2.54. The number of hydrogen-bond acceptors (Lipinski definition) is 4. The van der Waals surface area contributed by atoms with Gasteiger partial charge in [-0.15, -0.1) is 0 Å². The topological polar surface area (TPSA) is 61.0 Å². The average Bonchev–Trinajstić information content (AvgIpc) is 2.28. The predicted molar refractivity (Wildman–Crippen MR) is 60.1 cm³/mol. The number of nitrogen functional groups attached to an aromatic ring is 1. The van der Waals surface area contributed by atoms with E-state index >= 15 is 0 Å². The minimum absolute atomic E-state index is 0.162. The smallest absolute Gasteiger partial charge is 0.425 e. The maximum atomic E-state index is 12.4. The first-order chi connectivity index (χ1) is 8.38. The van der Waals surface area contributed by atoms with Gasteiger partial charge in [-0.2, -0.15) is 13.2 Å². The van der Waals surface area contributed by atoms with Gasteiger partial charge in [0.2, 0.25) is 0 Å². The molecule has 4 nitrogen and oxygen atoms in total. The molecule has 1 atom stereocenters. The quantitative estimate of drug-likeness (QED) is 0.898. The second-order valence-corrected chi connectivity index (χ2v) is 3.70. The maximum absolute atomic E-state index is 12.4. The lowest BCUT2D eigenvalue weighted by atomic mass is 10.3. The number of ether oxygens (including phenoxy) is 1. The zero-order valence-corrected chi connectivity index (χ0v) is 9.40. The molecular weight excluding hydrogens is 247 g/mol. The Labute approximate surface area is 101 Å². The monoisotopic (exact) mass is 257 g/mol. The van der Waals surface area contributed by atoms with Crippen LogP contribution in [-0.2, 0) is 0 Å². The largest absolute Gasteiger partial charge is 0.462 e. The molecule has 0 spiro atoms. The number of nitrogens with two attached hydrogens (primary N) is 1. The van der Waals surface area contributed by atoms with Crippen LogP contribution in [0.4, 0.5) is 19.0 Å². The molecule has 1 aromatic carbocycles. The van der Waals surface area contributed by atoms with Crippen molar-refractivity contribution in [2.75, 3.05) is 5.73 Å². The number of hydrogen-bond donors (Lipinski definition) is 1. The van der Waals surface area contributed by atoms with E-state index in [4.69, 9.17) is 10.5 Å². The Morgan fingerprint density at radius 3 is 2.28 bits per heavy atom. The summed E-state index contributed by atoms with van der Waals surface area (Å²) in [7, 11) is 0. The number of anilines is 1. The molecule has 1 unspecified atom stereocenters. The van der Waals surface area contributed by atoms with Crippen molar-refractivity contribution in [2.45, 2.75) is 19.2 Å². The SMILES string of the molecule is CC(Oc1nc2ccccc2nc1N)C(F)(F)F. The maximum Gasteiger partial charge on any atom is 0.425 e. The van der Waals surface area contributed by atoms with Gasteiger partial charge in [0.15, 0.2) is 11.9 Å². The summed E-state index contributed by atoms with van der Waals surface area (Å²) in [4.78, 5) is 7.85. The Balaban J connectivity index is 2.36. The molecule has 0 aliphatic carbocycles. The molecule has 0 radical (unpaired) electrons. The van der Waals surface area contributed by atoms with Crippen LogP contribution in [0.15, 0.2) is 24.3 Å². The van der Waals surface area contributed by atoms with Crippen LogP contribution in [-0.4, -0.2) is 22.2 Å². The van der Waals surface area contributed by atoms with E-state index in [0.717, 1.165) is 6.92 Å². The average molecular weight is 257 g/mol. The molecule has 0 aliphatic heterocycles. The third-order valence-electron chi connectivity index (χ3n) is 2.31. The first kappa shape index (κ1) is 12.4. The molecule has 2 rings (SSSR count). The molecule has 18 heavy (non-hydrogen) atoms. The molecule has 0 fully saturated rings. The highest BCUT2D eigenvalue weighted by atomic mass is 19.4. The van der Waals surface area contributed by atoms with Crippen LogP contribution in [0.3, 0.4) is 0 Å². The van der Waals surface area contributed by atoms with Crippen molar-refractivity contribution in [3.8, 4) is 5.88 Å². The summed E-state index contributed by atoms with van der Waals surface area (Å²) in [5.74, 6) is -0.469. The van der Waals surface area contributed by atoms with Gasteiger partial charge in [-0.05, 0) is 19.1 Å². The molecule has 1 aromatic heterocycles. The molecule has 0 saturated carbocycles. The minimum Gasteiger partial charge on any atom is -0.462 e. The molecule has 2 N–H and O–H groups in total. The highest BCUT2D eigenvalue weighted by molar-refractivity contribution is 5.76. The molecule has 0 saturated heterocycles. The number of aromatic nitrogens is 2. The van der Waals surface area contributed by atoms with Gasteiger partial charge in [-0.3, -0.25) is 0 Å². The Morgan fingerprint density at radius 1 is 1.17 bits per heavy atom. The minimum atomic E-state index is -4.47. The van der Waals surface area contributed by atoms with Crippen molar-refractivity contribution in [2.24, 2.45) is 0 Å². The molecule has 96 valence electrons. The summed E-state index contributed by atoms with van der Waals surface area (Å²) >= 11 is 0. The molecule has 0 aliphatic rings. The summed E-state index contributed by atoms with van der Waals surface area (Å²) in [6.45, 7) is 0.885. The van der Waals surface area contributed by atoms with Crippen LogP contribution in [0.5, 0.6) is 5.88 Å². The van der Waals surface area contributed by atoms with Gasteiger partial charge in [0.1, 0.15) is 0 Å². The number of benzene rings is 1. The van der Waals surface area contributed by atoms with E-state index in [1.807, 2.05) is 0 Å². The standard InChI is InChI=1S/C11H10F3N3O/c1-6(11(12,13)14)18-10-9(15)16-7-4-2-3-5-8(7)17-10/h2-6H,1H3,(H2,15,16). The molecule has 7 heteroatoms. The first-order valence-corrected chi connectivity index (χ1v) is 5.13. The third-order valence-corrected chi connectivity index (χ3v) is 2.31. The molecular formula is C11H10F3N3O. The summed E-state index contributed by atoms with van der Waals surface area (Å²) in [6, 6.07) is 6.71. The Hall–Kier alpha value is -2.05. The van der Waals surface area contributed by atoms with Crippen LogP contribution >= 0.6 is 0 Å². The summed E-state index contributed by atoms with van der Waals surface area (Å²) < 4.78 is 41.8. The molecule has 1 heterocycles. The zero-order chi connectivity index (χ0) is 13.3. The third kappa shape index (κ3) is 2.44. The van der Waals surface area contributed by atoms with Gasteiger partial charge in [-0.1, -0.05) is 12.1 Å². The lowest BCUT2D eigenvalue weighted by Gasteiger charge is -2.17. The van der Waals surface area contributed by atoms with Crippen molar-refractivity contribution < 1.29 is 17.9 Å². The fourth-order valence-electron chi connectivity index (χ4n) is 1.32. The van der Waals surface area contributed by atoms with Crippen molar-refractivity contribution in [3.05, 3.63) is 24.3 Å². The van der Waals surface area contributed by atoms with E-state index in [0.29, 0.717) is 11.0 Å². The van der Waals surface area contributed by atoms with Crippen LogP contribution in [0.2, 0.25) is 0 Å². The number of para-hydroxylation sites is 2. The van der Waals surface area contributed by atoms with E-state index in [2.05, 4.69) is 9.97 Å². The van der Waals surface area contributed by atoms with Gasteiger partial charge in [-0.25, -0.2) is 9.97 Å². The van der Waals surface area contributed by atoms with Crippen molar-refractivity contribution in [3.63, 3.8) is 0 Å². The van der Waals surface area contributed by atoms with Gasteiger partial charge in [0.05, 0.1) is 11.0 Å². The lowest BCUT2D eigenvalue weighted by Crippen LogP contribution is -2.31. The van der Waals surface area contributed by atoms with E-state index in [1.165, 1.54) is 0 Å². The van der Waals surface area contributed by atoms with E-state index < -0.39 is 12.3 Å². The Kier molecular flexibility index (Phi) is 2.98. The summed E-state index contributed by atoms with van der Waals surface area (Å²) in [5.41, 5.74) is 6.44. The Bertz CT molecular complexity index is 571. The second kappa shape index (κ2) is 4.32. The van der Waals surface area contributed by atoms with Gasteiger partial charge in [0, 0.05) is 0 Å². The molecule has 2 aromatic rings. The lowest BCUT2D eigenvalue weighted by molar-refractivity contribution is -0.189. The van der Waals surface area contributed by atoms with Crippen molar-refractivity contribution >= 4 is 16.9 Å². The van der Waals surface area contributed by atoms with Crippen LogP contribution in [0.25, 0.3) is 11.0 Å². The van der Waals surface area contributed by atoms with Crippen LogP contribution in [0, 0.1) is 0 Å². The molecule has 0 amide bonds. The van der Waals surface area contributed by atoms with Gasteiger partial charge in [0.25, 0.3) is 5.88 Å². The van der Waals surface area contributed by atoms with Gasteiger partial charge < -0.3 is 10.5 Å². The van der Waals surface area contributed by atoms with E-state index in [-0.39, 0.29) is 11.7 Å². The number of halogens is 3. The number of rotatable bonds is 2. The van der Waals surface area contributed by atoms with Crippen LogP contribution < -0.4 is 10.5 Å². The Morgan fingerprint density at radius 2 is 1.72 bits per heavy atom. The normalized spacial score (nSPS) is 13.6. The number of alkyl halides is 3. The van der Waals surface area contributed by atoms with E-state index in [1.54, 1.807) is 24.3 Å².